The van der Waals surface area contributed by atoms with E-state index >= 15 is 0 Å². The normalized spacial score (nSPS) is 20.1. The fourth-order valence-corrected chi connectivity index (χ4v) is 4.31. The van der Waals surface area contributed by atoms with Crippen LogP contribution in [0.2, 0.25) is 0 Å². The average Bonchev–Trinajstić information content (AvgIpc) is 2.61. The Morgan fingerprint density at radius 1 is 1.47 bits per heavy atom. The molecule has 0 saturated carbocycles. The molecule has 1 aliphatic heterocycles. The number of aryl methyl sites for hydroxylation is 1. The summed E-state index contributed by atoms with van der Waals surface area (Å²) >= 11 is 4.14. The second kappa shape index (κ2) is 6.71. The fraction of sp³-hybridized carbons (Fsp3) is 0.750. The van der Waals surface area contributed by atoms with Crippen LogP contribution in [0, 0.1) is 6.92 Å². The van der Waals surface area contributed by atoms with E-state index in [4.69, 9.17) is 0 Å². The van der Waals surface area contributed by atoms with Crippen molar-refractivity contribution >= 4 is 23.5 Å². The molecule has 1 fully saturated rings. The summed E-state index contributed by atoms with van der Waals surface area (Å²) in [6, 6.07) is 1.09. The minimum atomic E-state index is 0.432. The van der Waals surface area contributed by atoms with Gasteiger partial charge in [0.1, 0.15) is 0 Å². The molecule has 1 aromatic rings. The first-order chi connectivity index (χ1) is 8.25. The molecule has 96 valence electrons. The Balaban J connectivity index is 1.77. The number of hydrogen-bond acceptors (Lipinski definition) is 4. The van der Waals surface area contributed by atoms with Gasteiger partial charge in [-0.25, -0.2) is 0 Å². The molecule has 3 nitrogen and oxygen atoms in total. The molecule has 17 heavy (non-hydrogen) atoms. The topological polar surface area (TPSA) is 29.9 Å². The molecule has 0 spiro atoms. The molecule has 2 heterocycles. The van der Waals surface area contributed by atoms with Crippen molar-refractivity contribution in [3.8, 4) is 0 Å². The molecular weight excluding hydrogens is 250 g/mol. The maximum absolute atomic E-state index is 4.36. The molecule has 1 atom stereocenters. The molecule has 5 heteroatoms. The third kappa shape index (κ3) is 4.23. The Labute approximate surface area is 112 Å². The Bertz CT molecular complexity index is 332. The number of rotatable bonds is 4. The van der Waals surface area contributed by atoms with Gasteiger partial charge in [0, 0.05) is 41.8 Å². The first-order valence-electron chi connectivity index (χ1n) is 6.15. The summed E-state index contributed by atoms with van der Waals surface area (Å²) in [7, 11) is 0. The number of nitrogens with zero attached hydrogens (tertiary/aromatic N) is 2. The van der Waals surface area contributed by atoms with Crippen molar-refractivity contribution < 1.29 is 0 Å². The van der Waals surface area contributed by atoms with Gasteiger partial charge in [0.25, 0.3) is 0 Å². The van der Waals surface area contributed by atoms with Crippen molar-refractivity contribution in [3.63, 3.8) is 0 Å². The summed E-state index contributed by atoms with van der Waals surface area (Å²) in [4.78, 5) is 0. The van der Waals surface area contributed by atoms with Crippen LogP contribution in [-0.4, -0.2) is 45.4 Å². The maximum atomic E-state index is 4.36. The molecule has 0 amide bonds. The van der Waals surface area contributed by atoms with E-state index in [1.807, 2.05) is 6.20 Å². The van der Waals surface area contributed by atoms with E-state index < -0.39 is 0 Å². The molecule has 1 N–H and O–H groups in total. The van der Waals surface area contributed by atoms with Crippen LogP contribution < -0.4 is 5.32 Å². The lowest BCUT2D eigenvalue weighted by molar-refractivity contribution is 0.436. The van der Waals surface area contributed by atoms with Gasteiger partial charge >= 0.3 is 0 Å². The highest BCUT2D eigenvalue weighted by Crippen LogP contribution is 2.16. The van der Waals surface area contributed by atoms with Crippen molar-refractivity contribution in [2.45, 2.75) is 25.9 Å². The van der Waals surface area contributed by atoms with Crippen LogP contribution in [0.25, 0.3) is 0 Å². The van der Waals surface area contributed by atoms with Gasteiger partial charge in [-0.15, -0.1) is 0 Å². The quantitative estimate of drug-likeness (QED) is 0.909. The predicted molar refractivity (Wildman–Crippen MR) is 78.1 cm³/mol. The number of hydrogen-bond donors (Lipinski definition) is 1. The fourth-order valence-electron chi connectivity index (χ4n) is 1.84. The minimum Gasteiger partial charge on any atom is -0.310 e. The molecule has 2 rings (SSSR count). The lowest BCUT2D eigenvalue weighted by atomic mass is 10.3. The standard InChI is InChI=1S/C12H21N3S2/c1-10-5-14-15(7-10)11(2)6-13-12-8-16-3-4-17-9-12/h5,7,11-13H,3-4,6,8-9H2,1-2H3/t11-/m1/s1. The molecule has 0 aliphatic carbocycles. The van der Waals surface area contributed by atoms with E-state index in [0.29, 0.717) is 12.1 Å². The maximum Gasteiger partial charge on any atom is 0.0615 e. The van der Waals surface area contributed by atoms with E-state index in [1.54, 1.807) is 0 Å². The summed E-state index contributed by atoms with van der Waals surface area (Å²) < 4.78 is 2.05. The van der Waals surface area contributed by atoms with Gasteiger partial charge < -0.3 is 5.32 Å². The van der Waals surface area contributed by atoms with E-state index in [0.717, 1.165) is 6.54 Å². The van der Waals surface area contributed by atoms with Crippen LogP contribution in [-0.2, 0) is 0 Å². The van der Waals surface area contributed by atoms with Gasteiger partial charge in [-0.3, -0.25) is 4.68 Å². The van der Waals surface area contributed by atoms with Crippen LogP contribution in [0.3, 0.4) is 0 Å². The average molecular weight is 271 g/mol. The van der Waals surface area contributed by atoms with Crippen LogP contribution in [0.4, 0.5) is 0 Å². The van der Waals surface area contributed by atoms with Crippen molar-refractivity contribution in [2.75, 3.05) is 29.6 Å². The number of nitrogens with one attached hydrogen (secondary N) is 1. The first kappa shape index (κ1) is 13.3. The van der Waals surface area contributed by atoms with Gasteiger partial charge in [-0.1, -0.05) is 0 Å². The lowest BCUT2D eigenvalue weighted by Crippen LogP contribution is -2.36. The van der Waals surface area contributed by atoms with Crippen molar-refractivity contribution in [3.05, 3.63) is 18.0 Å². The Morgan fingerprint density at radius 2 is 2.18 bits per heavy atom. The van der Waals surface area contributed by atoms with E-state index in [9.17, 15) is 0 Å². The third-order valence-corrected chi connectivity index (χ3v) is 5.41. The zero-order valence-corrected chi connectivity index (χ0v) is 12.2. The monoisotopic (exact) mass is 271 g/mol. The summed E-state index contributed by atoms with van der Waals surface area (Å²) in [5, 5.41) is 8.03. The van der Waals surface area contributed by atoms with Gasteiger partial charge in [0.05, 0.1) is 12.2 Å². The highest BCUT2D eigenvalue weighted by Gasteiger charge is 2.14. The Hall–Kier alpha value is -0.130. The SMILES string of the molecule is Cc1cnn([C@H](C)CNC2CSCCSC2)c1. The molecule has 0 aromatic carbocycles. The van der Waals surface area contributed by atoms with Crippen LogP contribution >= 0.6 is 23.5 Å². The summed E-state index contributed by atoms with van der Waals surface area (Å²) in [6.45, 7) is 5.31. The molecule has 1 aliphatic rings. The number of thioether (sulfide) groups is 2. The molecule has 1 aromatic heterocycles. The van der Waals surface area contributed by atoms with Crippen molar-refractivity contribution in [1.29, 1.82) is 0 Å². The second-order valence-electron chi connectivity index (χ2n) is 4.60. The lowest BCUT2D eigenvalue weighted by Gasteiger charge is -2.19. The summed E-state index contributed by atoms with van der Waals surface area (Å²) in [5.41, 5.74) is 1.23. The third-order valence-electron chi connectivity index (χ3n) is 2.89. The largest absolute Gasteiger partial charge is 0.310 e. The Kier molecular flexibility index (Phi) is 5.25. The molecule has 0 bridgehead atoms. The van der Waals surface area contributed by atoms with Crippen LogP contribution in [0.1, 0.15) is 18.5 Å². The van der Waals surface area contributed by atoms with E-state index in [-0.39, 0.29) is 0 Å². The molecule has 0 radical (unpaired) electrons. The zero-order chi connectivity index (χ0) is 12.1. The van der Waals surface area contributed by atoms with Gasteiger partial charge in [0.2, 0.25) is 0 Å². The highest BCUT2D eigenvalue weighted by molar-refractivity contribution is 8.03. The van der Waals surface area contributed by atoms with Gasteiger partial charge in [0.15, 0.2) is 0 Å². The summed E-state index contributed by atoms with van der Waals surface area (Å²) in [5.74, 6) is 5.10. The van der Waals surface area contributed by atoms with Crippen LogP contribution in [0.5, 0.6) is 0 Å². The first-order valence-corrected chi connectivity index (χ1v) is 8.46. The van der Waals surface area contributed by atoms with Crippen molar-refractivity contribution in [1.82, 2.24) is 15.1 Å². The molecule has 1 saturated heterocycles. The Morgan fingerprint density at radius 3 is 2.76 bits per heavy atom. The van der Waals surface area contributed by atoms with Gasteiger partial charge in [-0.2, -0.15) is 28.6 Å². The smallest absolute Gasteiger partial charge is 0.0615 e. The molecule has 0 unspecified atom stereocenters. The zero-order valence-electron chi connectivity index (χ0n) is 10.6. The second-order valence-corrected chi connectivity index (χ2v) is 6.90. The van der Waals surface area contributed by atoms with E-state index in [1.165, 1.54) is 28.6 Å². The summed E-state index contributed by atoms with van der Waals surface area (Å²) in [6.07, 6.45) is 4.04. The predicted octanol–water partition coefficient (Wildman–Crippen LogP) is 2.19. The molecular formula is C12H21N3S2. The van der Waals surface area contributed by atoms with Gasteiger partial charge in [-0.05, 0) is 19.4 Å². The van der Waals surface area contributed by atoms with E-state index in [2.05, 4.69) is 58.7 Å². The number of aromatic nitrogens is 2. The van der Waals surface area contributed by atoms with Crippen molar-refractivity contribution in [2.24, 2.45) is 0 Å². The van der Waals surface area contributed by atoms with Crippen LogP contribution in [0.15, 0.2) is 12.4 Å². The minimum absolute atomic E-state index is 0.432. The highest BCUT2D eigenvalue weighted by atomic mass is 32.2.